The van der Waals surface area contributed by atoms with E-state index in [0.717, 1.165) is 43.9 Å². The van der Waals surface area contributed by atoms with Gasteiger partial charge in [0.25, 0.3) is 0 Å². The van der Waals surface area contributed by atoms with Gasteiger partial charge in [-0.05, 0) is 24.1 Å². The summed E-state index contributed by atoms with van der Waals surface area (Å²) in [5, 5.41) is 3.24. The number of fused-ring (bicyclic) bond motifs is 1. The minimum Gasteiger partial charge on any atom is -0.444 e. The van der Waals surface area contributed by atoms with E-state index in [-0.39, 0.29) is 18.6 Å². The molecule has 1 saturated heterocycles. The zero-order chi connectivity index (χ0) is 22.5. The van der Waals surface area contributed by atoms with Crippen LogP contribution in [0.25, 0.3) is 0 Å². The molecule has 2 aliphatic heterocycles. The maximum absolute atomic E-state index is 11.9. The van der Waals surface area contributed by atoms with E-state index >= 15 is 0 Å². The zero-order valence-electron chi connectivity index (χ0n) is 18.3. The molecule has 9 nitrogen and oxygen atoms in total. The average Bonchev–Trinajstić information content (AvgIpc) is 2.83. The van der Waals surface area contributed by atoms with Gasteiger partial charge >= 0.3 is 6.09 Å². The van der Waals surface area contributed by atoms with Crippen LogP contribution in [0.5, 0.6) is 0 Å². The highest BCUT2D eigenvalue weighted by atomic mass is 16.6. The van der Waals surface area contributed by atoms with E-state index in [2.05, 4.69) is 51.0 Å². The number of anilines is 2. The fraction of sp³-hybridized carbons (Fsp3) is 0.391. The predicted octanol–water partition coefficient (Wildman–Crippen LogP) is 2.40. The Morgan fingerprint density at radius 1 is 1.19 bits per heavy atom. The van der Waals surface area contributed by atoms with Crippen molar-refractivity contribution in [3.05, 3.63) is 59.8 Å². The number of benzene rings is 1. The van der Waals surface area contributed by atoms with Crippen LogP contribution in [0.4, 0.5) is 16.6 Å². The normalized spacial score (nSPS) is 16.3. The first-order chi connectivity index (χ1) is 15.6. The highest BCUT2D eigenvalue weighted by molar-refractivity contribution is 5.89. The third kappa shape index (κ3) is 4.88. The number of nitrogens with zero attached hydrogens (tertiary/aromatic N) is 5. The lowest BCUT2D eigenvalue weighted by molar-refractivity contribution is -0.127. The minimum atomic E-state index is -0.381. The standard InChI is InChI=1S/C23H28N6O3/c1-3-20(30)28-11-9-27(10-12-28)15-18-7-5-17(6-8-18)13-24-22-25-14-19-16-32-23(31)29(4-2)21(19)26-22/h3,5-8,14H,1,4,9-13,15-16H2,2H3,(H,24,25,26). The van der Waals surface area contributed by atoms with Crippen LogP contribution in [-0.4, -0.2) is 64.5 Å². The number of carbonyl (C=O) groups is 2. The van der Waals surface area contributed by atoms with Gasteiger partial charge in [-0.25, -0.2) is 9.78 Å². The number of amides is 2. The quantitative estimate of drug-likeness (QED) is 0.667. The summed E-state index contributed by atoms with van der Waals surface area (Å²) in [6.07, 6.45) is 2.70. The fourth-order valence-corrected chi connectivity index (χ4v) is 3.86. The molecule has 2 aromatic rings. The van der Waals surface area contributed by atoms with E-state index in [9.17, 15) is 9.59 Å². The first-order valence-corrected chi connectivity index (χ1v) is 10.8. The SMILES string of the molecule is C=CC(=O)N1CCN(Cc2ccc(CNc3ncc4c(n3)N(CC)C(=O)OC4)cc2)CC1. The van der Waals surface area contributed by atoms with Crippen molar-refractivity contribution in [3.8, 4) is 0 Å². The molecule has 4 rings (SSSR count). The Morgan fingerprint density at radius 2 is 1.91 bits per heavy atom. The molecule has 0 unspecified atom stereocenters. The molecule has 2 amide bonds. The number of ether oxygens (including phenoxy) is 1. The predicted molar refractivity (Wildman–Crippen MR) is 121 cm³/mol. The number of piperazine rings is 1. The van der Waals surface area contributed by atoms with E-state index in [1.54, 1.807) is 6.20 Å². The highest BCUT2D eigenvalue weighted by Crippen LogP contribution is 2.25. The average molecular weight is 437 g/mol. The molecule has 1 aromatic carbocycles. The van der Waals surface area contributed by atoms with Gasteiger partial charge in [0.2, 0.25) is 11.9 Å². The molecule has 0 saturated carbocycles. The van der Waals surface area contributed by atoms with Crippen LogP contribution >= 0.6 is 0 Å². The number of rotatable bonds is 7. The summed E-state index contributed by atoms with van der Waals surface area (Å²) in [4.78, 5) is 38.2. The maximum atomic E-state index is 11.9. The van der Waals surface area contributed by atoms with Gasteiger partial charge in [0.1, 0.15) is 12.4 Å². The second-order valence-electron chi connectivity index (χ2n) is 7.82. The second-order valence-corrected chi connectivity index (χ2v) is 7.82. The molecule has 2 aliphatic rings. The Bertz CT molecular complexity index is 986. The monoisotopic (exact) mass is 436 g/mol. The van der Waals surface area contributed by atoms with Gasteiger partial charge in [-0.3, -0.25) is 14.6 Å². The number of cyclic esters (lactones) is 1. The zero-order valence-corrected chi connectivity index (χ0v) is 18.3. The van der Waals surface area contributed by atoms with Gasteiger partial charge in [0, 0.05) is 52.0 Å². The number of carbonyl (C=O) groups excluding carboxylic acids is 2. The molecule has 32 heavy (non-hydrogen) atoms. The van der Waals surface area contributed by atoms with Crippen LogP contribution in [0.3, 0.4) is 0 Å². The smallest absolute Gasteiger partial charge is 0.415 e. The number of hydrogen-bond donors (Lipinski definition) is 1. The maximum Gasteiger partial charge on any atom is 0.415 e. The lowest BCUT2D eigenvalue weighted by Crippen LogP contribution is -2.47. The van der Waals surface area contributed by atoms with Gasteiger partial charge in [0.15, 0.2) is 0 Å². The topological polar surface area (TPSA) is 90.9 Å². The van der Waals surface area contributed by atoms with E-state index in [4.69, 9.17) is 4.74 Å². The summed E-state index contributed by atoms with van der Waals surface area (Å²) >= 11 is 0. The summed E-state index contributed by atoms with van der Waals surface area (Å²) in [6, 6.07) is 8.43. The Labute approximate surface area is 187 Å². The molecule has 0 spiro atoms. The van der Waals surface area contributed by atoms with Crippen molar-refractivity contribution in [2.24, 2.45) is 0 Å². The molecule has 9 heteroatoms. The lowest BCUT2D eigenvalue weighted by atomic mass is 10.1. The molecule has 0 radical (unpaired) electrons. The van der Waals surface area contributed by atoms with E-state index in [1.807, 2.05) is 11.8 Å². The molecule has 3 heterocycles. The summed E-state index contributed by atoms with van der Waals surface area (Å²) in [5.41, 5.74) is 3.15. The number of aromatic nitrogens is 2. The van der Waals surface area contributed by atoms with Crippen LogP contribution in [-0.2, 0) is 29.2 Å². The second kappa shape index (κ2) is 9.78. The molecule has 0 aliphatic carbocycles. The van der Waals surface area contributed by atoms with Gasteiger partial charge < -0.3 is 15.0 Å². The van der Waals surface area contributed by atoms with Crippen molar-refractivity contribution in [3.63, 3.8) is 0 Å². The van der Waals surface area contributed by atoms with Crippen molar-refractivity contribution in [2.75, 3.05) is 42.9 Å². The number of nitrogens with one attached hydrogen (secondary N) is 1. The minimum absolute atomic E-state index is 0.00624. The van der Waals surface area contributed by atoms with Crippen LogP contribution in [0.2, 0.25) is 0 Å². The largest absolute Gasteiger partial charge is 0.444 e. The van der Waals surface area contributed by atoms with Crippen LogP contribution in [0.1, 0.15) is 23.6 Å². The van der Waals surface area contributed by atoms with E-state index in [1.165, 1.54) is 16.5 Å². The Hall–Kier alpha value is -3.46. The van der Waals surface area contributed by atoms with Crippen molar-refractivity contribution < 1.29 is 14.3 Å². The summed E-state index contributed by atoms with van der Waals surface area (Å²) < 4.78 is 5.13. The van der Waals surface area contributed by atoms with E-state index < -0.39 is 0 Å². The van der Waals surface area contributed by atoms with Gasteiger partial charge in [-0.2, -0.15) is 4.98 Å². The number of hydrogen-bond acceptors (Lipinski definition) is 7. The molecule has 1 aromatic heterocycles. The molecule has 1 fully saturated rings. The van der Waals surface area contributed by atoms with Gasteiger partial charge in [0.05, 0.1) is 5.56 Å². The Kier molecular flexibility index (Phi) is 6.65. The van der Waals surface area contributed by atoms with Crippen molar-refractivity contribution in [1.82, 2.24) is 19.8 Å². The molecular weight excluding hydrogens is 408 g/mol. The lowest BCUT2D eigenvalue weighted by Gasteiger charge is -2.34. The van der Waals surface area contributed by atoms with Crippen LogP contribution in [0, 0.1) is 0 Å². The third-order valence-electron chi connectivity index (χ3n) is 5.72. The summed E-state index contributed by atoms with van der Waals surface area (Å²) in [7, 11) is 0. The van der Waals surface area contributed by atoms with Crippen LogP contribution in [0.15, 0.2) is 43.1 Å². The molecule has 0 bridgehead atoms. The summed E-state index contributed by atoms with van der Waals surface area (Å²) in [5.74, 6) is 1.09. The summed E-state index contributed by atoms with van der Waals surface area (Å²) in [6.45, 7) is 10.8. The van der Waals surface area contributed by atoms with Crippen molar-refractivity contribution >= 4 is 23.8 Å². The first-order valence-electron chi connectivity index (χ1n) is 10.8. The molecule has 168 valence electrons. The van der Waals surface area contributed by atoms with Crippen molar-refractivity contribution in [2.45, 2.75) is 26.6 Å². The van der Waals surface area contributed by atoms with Crippen LogP contribution < -0.4 is 10.2 Å². The van der Waals surface area contributed by atoms with Gasteiger partial charge in [-0.1, -0.05) is 30.8 Å². The van der Waals surface area contributed by atoms with Crippen molar-refractivity contribution in [1.29, 1.82) is 0 Å². The Morgan fingerprint density at radius 3 is 2.59 bits per heavy atom. The molecule has 0 atom stereocenters. The fourth-order valence-electron chi connectivity index (χ4n) is 3.86. The van der Waals surface area contributed by atoms with E-state index in [0.29, 0.717) is 24.9 Å². The van der Waals surface area contributed by atoms with Gasteiger partial charge in [-0.15, -0.1) is 0 Å². The third-order valence-corrected chi connectivity index (χ3v) is 5.72. The molecule has 1 N–H and O–H groups in total. The first kappa shape index (κ1) is 21.8. The molecular formula is C23H28N6O3. The highest BCUT2D eigenvalue weighted by Gasteiger charge is 2.26. The Balaban J connectivity index is 1.30.